The summed E-state index contributed by atoms with van der Waals surface area (Å²) in [5.74, 6) is -1.03. The molecular weight excluding hydrogens is 248 g/mol. The van der Waals surface area contributed by atoms with E-state index in [0.717, 1.165) is 19.4 Å². The molecule has 1 unspecified atom stereocenters. The lowest BCUT2D eigenvalue weighted by Gasteiger charge is -2.15. The highest BCUT2D eigenvalue weighted by molar-refractivity contribution is 5.92. The second-order valence-electron chi connectivity index (χ2n) is 4.34. The van der Waals surface area contributed by atoms with Gasteiger partial charge < -0.3 is 20.5 Å². The highest BCUT2D eigenvalue weighted by atomic mass is 16.5. The fourth-order valence-corrected chi connectivity index (χ4v) is 2.04. The molecule has 2 rings (SSSR count). The van der Waals surface area contributed by atoms with Crippen molar-refractivity contribution in [3.8, 4) is 0 Å². The molecule has 1 heterocycles. The van der Waals surface area contributed by atoms with Gasteiger partial charge in [-0.1, -0.05) is 0 Å². The van der Waals surface area contributed by atoms with Gasteiger partial charge in [-0.15, -0.1) is 0 Å². The fraction of sp³-hybridized carbons (Fsp3) is 0.385. The zero-order valence-electron chi connectivity index (χ0n) is 10.4. The average molecular weight is 264 g/mol. The maximum atomic E-state index is 10.9. The first-order valence-corrected chi connectivity index (χ1v) is 6.13. The molecule has 0 radical (unpaired) electrons. The summed E-state index contributed by atoms with van der Waals surface area (Å²) in [5, 5.41) is 14.6. The molecule has 0 bridgehead atoms. The van der Waals surface area contributed by atoms with Crippen LogP contribution in [-0.4, -0.2) is 36.7 Å². The molecule has 0 spiro atoms. The summed E-state index contributed by atoms with van der Waals surface area (Å²) in [7, 11) is 0. The number of carboxylic acids is 1. The van der Waals surface area contributed by atoms with Crippen molar-refractivity contribution in [2.75, 3.05) is 23.8 Å². The molecule has 102 valence electrons. The molecule has 3 N–H and O–H groups in total. The summed E-state index contributed by atoms with van der Waals surface area (Å²) >= 11 is 0. The average Bonchev–Trinajstić information content (AvgIpc) is 2.90. The molecule has 0 aliphatic carbocycles. The summed E-state index contributed by atoms with van der Waals surface area (Å²) in [6, 6.07) is 4.56. The van der Waals surface area contributed by atoms with E-state index in [0.29, 0.717) is 24.3 Å². The molecule has 1 fully saturated rings. The number of amides is 1. The Morgan fingerprint density at radius 2 is 2.32 bits per heavy atom. The predicted octanol–water partition coefficient (Wildman–Crippen LogP) is 1.54. The van der Waals surface area contributed by atoms with Crippen LogP contribution in [0.15, 0.2) is 18.2 Å². The van der Waals surface area contributed by atoms with Gasteiger partial charge in [0.2, 0.25) is 6.41 Å². The highest BCUT2D eigenvalue weighted by Gasteiger charge is 2.16. The number of aromatic carboxylic acids is 1. The zero-order valence-corrected chi connectivity index (χ0v) is 10.4. The summed E-state index contributed by atoms with van der Waals surface area (Å²) < 4.78 is 5.49. The van der Waals surface area contributed by atoms with Gasteiger partial charge in [0.1, 0.15) is 0 Å². The smallest absolute Gasteiger partial charge is 0.335 e. The quantitative estimate of drug-likeness (QED) is 0.678. The van der Waals surface area contributed by atoms with Crippen LogP contribution in [0.1, 0.15) is 23.2 Å². The molecule has 1 aliphatic heterocycles. The number of hydrogen-bond donors (Lipinski definition) is 3. The first-order chi connectivity index (χ1) is 9.20. The van der Waals surface area contributed by atoms with Crippen LogP contribution in [0, 0.1) is 0 Å². The third-order valence-electron chi connectivity index (χ3n) is 3.03. The minimum Gasteiger partial charge on any atom is -0.478 e. The second kappa shape index (κ2) is 6.19. The molecule has 1 aromatic rings. The number of rotatable bonds is 6. The van der Waals surface area contributed by atoms with Gasteiger partial charge in [0.25, 0.3) is 0 Å². The number of nitrogens with one attached hydrogen (secondary N) is 2. The fourth-order valence-electron chi connectivity index (χ4n) is 2.04. The molecule has 1 atom stereocenters. The molecule has 6 nitrogen and oxygen atoms in total. The van der Waals surface area contributed by atoms with Crippen molar-refractivity contribution in [1.29, 1.82) is 0 Å². The van der Waals surface area contributed by atoms with Crippen LogP contribution in [0.25, 0.3) is 0 Å². The van der Waals surface area contributed by atoms with Gasteiger partial charge in [0, 0.05) is 13.2 Å². The molecule has 0 saturated carbocycles. The van der Waals surface area contributed by atoms with E-state index in [1.807, 2.05) is 0 Å². The molecule has 19 heavy (non-hydrogen) atoms. The van der Waals surface area contributed by atoms with Crippen molar-refractivity contribution in [3.63, 3.8) is 0 Å². The molecular formula is C13H16N2O4. The lowest BCUT2D eigenvalue weighted by atomic mass is 10.1. The highest BCUT2D eigenvalue weighted by Crippen LogP contribution is 2.24. The number of carbonyl (C=O) groups is 2. The Kier molecular flexibility index (Phi) is 4.35. The van der Waals surface area contributed by atoms with Crippen LogP contribution in [0.2, 0.25) is 0 Å². The van der Waals surface area contributed by atoms with Gasteiger partial charge in [0.05, 0.1) is 23.0 Å². The van der Waals surface area contributed by atoms with E-state index in [9.17, 15) is 9.59 Å². The molecule has 0 aromatic heterocycles. The van der Waals surface area contributed by atoms with Crippen molar-refractivity contribution in [1.82, 2.24) is 0 Å². The Morgan fingerprint density at radius 3 is 2.95 bits per heavy atom. The Labute approximate surface area is 110 Å². The van der Waals surface area contributed by atoms with Crippen molar-refractivity contribution < 1.29 is 19.4 Å². The van der Waals surface area contributed by atoms with E-state index in [2.05, 4.69) is 10.6 Å². The van der Waals surface area contributed by atoms with E-state index >= 15 is 0 Å². The number of carboxylic acid groups (broad SMARTS) is 1. The lowest BCUT2D eigenvalue weighted by Crippen LogP contribution is -2.19. The predicted molar refractivity (Wildman–Crippen MR) is 70.6 cm³/mol. The first-order valence-electron chi connectivity index (χ1n) is 6.13. The van der Waals surface area contributed by atoms with Crippen LogP contribution in [0.5, 0.6) is 0 Å². The van der Waals surface area contributed by atoms with Crippen LogP contribution in [0.4, 0.5) is 11.4 Å². The van der Waals surface area contributed by atoms with Crippen molar-refractivity contribution >= 4 is 23.8 Å². The standard InChI is InChI=1S/C13H16N2O4/c16-8-15-12-6-9(13(17)18)3-4-11(12)14-7-10-2-1-5-19-10/h3-4,6,8,10,14H,1-2,5,7H2,(H,15,16)(H,17,18). The maximum absolute atomic E-state index is 10.9. The molecule has 1 aliphatic rings. The van der Waals surface area contributed by atoms with Crippen molar-refractivity contribution in [3.05, 3.63) is 23.8 Å². The molecule has 6 heteroatoms. The van der Waals surface area contributed by atoms with Crippen LogP contribution < -0.4 is 10.6 Å². The maximum Gasteiger partial charge on any atom is 0.335 e. The van der Waals surface area contributed by atoms with Crippen LogP contribution >= 0.6 is 0 Å². The minimum absolute atomic E-state index is 0.131. The Hall–Kier alpha value is -2.08. The summed E-state index contributed by atoms with van der Waals surface area (Å²) in [4.78, 5) is 21.4. The van der Waals surface area contributed by atoms with Gasteiger partial charge in [-0.25, -0.2) is 4.79 Å². The van der Waals surface area contributed by atoms with Crippen molar-refractivity contribution in [2.45, 2.75) is 18.9 Å². The van der Waals surface area contributed by atoms with Crippen molar-refractivity contribution in [2.24, 2.45) is 0 Å². The molecule has 1 saturated heterocycles. The Bertz CT molecular complexity index is 470. The van der Waals surface area contributed by atoms with E-state index < -0.39 is 5.97 Å². The van der Waals surface area contributed by atoms with E-state index in [1.165, 1.54) is 12.1 Å². The molecule has 1 amide bonds. The normalized spacial score (nSPS) is 18.0. The van der Waals surface area contributed by atoms with E-state index in [-0.39, 0.29) is 11.7 Å². The first kappa shape index (κ1) is 13.4. The van der Waals surface area contributed by atoms with E-state index in [1.54, 1.807) is 6.07 Å². The number of benzene rings is 1. The van der Waals surface area contributed by atoms with Crippen LogP contribution in [0.3, 0.4) is 0 Å². The number of carbonyl (C=O) groups excluding carboxylic acids is 1. The second-order valence-corrected chi connectivity index (χ2v) is 4.34. The van der Waals surface area contributed by atoms with Gasteiger partial charge in [-0.2, -0.15) is 0 Å². The number of anilines is 2. The minimum atomic E-state index is -1.03. The van der Waals surface area contributed by atoms with Gasteiger partial charge in [-0.3, -0.25) is 4.79 Å². The topological polar surface area (TPSA) is 87.7 Å². The summed E-state index contributed by atoms with van der Waals surface area (Å²) in [5.41, 5.74) is 1.27. The number of hydrogen-bond acceptors (Lipinski definition) is 4. The summed E-state index contributed by atoms with van der Waals surface area (Å²) in [6.45, 7) is 1.42. The number of ether oxygens (including phenoxy) is 1. The van der Waals surface area contributed by atoms with Crippen LogP contribution in [-0.2, 0) is 9.53 Å². The largest absolute Gasteiger partial charge is 0.478 e. The van der Waals surface area contributed by atoms with E-state index in [4.69, 9.17) is 9.84 Å². The zero-order chi connectivity index (χ0) is 13.7. The third-order valence-corrected chi connectivity index (χ3v) is 3.03. The van der Waals surface area contributed by atoms with Gasteiger partial charge >= 0.3 is 5.97 Å². The SMILES string of the molecule is O=CNc1cc(C(=O)O)ccc1NCC1CCCO1. The Balaban J connectivity index is 2.08. The monoisotopic (exact) mass is 264 g/mol. The summed E-state index contributed by atoms with van der Waals surface area (Å²) in [6.07, 6.45) is 2.77. The van der Waals surface area contributed by atoms with Gasteiger partial charge in [-0.05, 0) is 31.0 Å². The Morgan fingerprint density at radius 1 is 1.47 bits per heavy atom. The third kappa shape index (κ3) is 3.45. The molecule has 1 aromatic carbocycles. The van der Waals surface area contributed by atoms with Gasteiger partial charge in [0.15, 0.2) is 0 Å². The lowest BCUT2D eigenvalue weighted by molar-refractivity contribution is -0.105.